The molecule has 3 rings (SSSR count). The zero-order valence-electron chi connectivity index (χ0n) is 9.60. The Morgan fingerprint density at radius 1 is 1.35 bits per heavy atom. The van der Waals surface area contributed by atoms with Crippen molar-refractivity contribution in [1.29, 1.82) is 0 Å². The van der Waals surface area contributed by atoms with Crippen molar-refractivity contribution in [2.75, 3.05) is 12.3 Å². The molecule has 0 aromatic heterocycles. The first-order chi connectivity index (χ1) is 8.34. The van der Waals surface area contributed by atoms with E-state index in [0.717, 1.165) is 30.3 Å². The molecule has 0 saturated carbocycles. The van der Waals surface area contributed by atoms with Crippen LogP contribution in [-0.4, -0.2) is 28.7 Å². The number of hydrogen-bond donors (Lipinski definition) is 2. The maximum Gasteiger partial charge on any atom is 0.157 e. The highest BCUT2D eigenvalue weighted by Gasteiger charge is 2.28. The zero-order chi connectivity index (χ0) is 11.7. The second-order valence-corrected chi connectivity index (χ2v) is 5.55. The third-order valence-electron chi connectivity index (χ3n) is 3.35. The molecule has 90 valence electrons. The van der Waals surface area contributed by atoms with E-state index >= 15 is 0 Å². The average molecular weight is 248 g/mol. The van der Waals surface area contributed by atoms with E-state index in [1.54, 1.807) is 11.8 Å². The van der Waals surface area contributed by atoms with Gasteiger partial charge in [0.2, 0.25) is 0 Å². The van der Waals surface area contributed by atoms with Gasteiger partial charge in [-0.1, -0.05) is 36.0 Å². The van der Waals surface area contributed by atoms with Crippen molar-refractivity contribution in [3.63, 3.8) is 0 Å². The molecule has 0 bridgehead atoms. The highest BCUT2D eigenvalue weighted by atomic mass is 32.2. The maximum atomic E-state index is 10.1. The van der Waals surface area contributed by atoms with Crippen LogP contribution in [0.2, 0.25) is 0 Å². The number of amidine groups is 1. The summed E-state index contributed by atoms with van der Waals surface area (Å²) in [6.07, 6.45) is 1.48. The summed E-state index contributed by atoms with van der Waals surface area (Å²) in [5.41, 5.74) is 2.57. The van der Waals surface area contributed by atoms with Crippen LogP contribution in [-0.2, 0) is 6.42 Å². The molecule has 1 aromatic rings. The van der Waals surface area contributed by atoms with Crippen molar-refractivity contribution in [1.82, 2.24) is 5.32 Å². The number of aliphatic hydroxyl groups is 1. The molecule has 4 heteroatoms. The Morgan fingerprint density at radius 3 is 3.06 bits per heavy atom. The zero-order valence-corrected chi connectivity index (χ0v) is 10.4. The molecule has 2 atom stereocenters. The summed E-state index contributed by atoms with van der Waals surface area (Å²) in [6.45, 7) is 0.886. The smallest absolute Gasteiger partial charge is 0.157 e. The van der Waals surface area contributed by atoms with Crippen LogP contribution in [0.15, 0.2) is 29.3 Å². The van der Waals surface area contributed by atoms with Gasteiger partial charge in [0.05, 0.1) is 18.7 Å². The van der Waals surface area contributed by atoms with Crippen LogP contribution >= 0.6 is 11.8 Å². The second kappa shape index (κ2) is 4.70. The van der Waals surface area contributed by atoms with E-state index in [1.807, 2.05) is 6.07 Å². The molecule has 1 aliphatic heterocycles. The summed E-state index contributed by atoms with van der Waals surface area (Å²) < 4.78 is 0. The minimum atomic E-state index is -0.311. The number of aryl methyl sites for hydroxylation is 1. The van der Waals surface area contributed by atoms with Crippen LogP contribution in [0.25, 0.3) is 0 Å². The minimum absolute atomic E-state index is 0.00398. The summed E-state index contributed by atoms with van der Waals surface area (Å²) in [5, 5.41) is 14.5. The summed E-state index contributed by atoms with van der Waals surface area (Å²) in [6, 6.07) is 8.36. The third kappa shape index (κ3) is 2.19. The molecular formula is C13H16N2OS. The van der Waals surface area contributed by atoms with E-state index in [1.165, 1.54) is 11.1 Å². The van der Waals surface area contributed by atoms with E-state index in [9.17, 15) is 5.11 Å². The molecule has 1 aromatic carbocycles. The van der Waals surface area contributed by atoms with Gasteiger partial charge >= 0.3 is 0 Å². The van der Waals surface area contributed by atoms with Crippen molar-refractivity contribution in [3.8, 4) is 0 Å². The van der Waals surface area contributed by atoms with Gasteiger partial charge in [-0.05, 0) is 24.0 Å². The lowest BCUT2D eigenvalue weighted by Crippen LogP contribution is -2.37. The van der Waals surface area contributed by atoms with Crippen molar-refractivity contribution < 1.29 is 5.11 Å². The number of benzene rings is 1. The number of thioether (sulfide) groups is 1. The first kappa shape index (κ1) is 11.1. The molecule has 3 nitrogen and oxygen atoms in total. The van der Waals surface area contributed by atoms with Gasteiger partial charge in [-0.25, -0.2) is 0 Å². The molecule has 0 radical (unpaired) electrons. The summed E-state index contributed by atoms with van der Waals surface area (Å²) in [5.74, 6) is 1.05. The average Bonchev–Trinajstić information content (AvgIpc) is 2.86. The lowest BCUT2D eigenvalue weighted by molar-refractivity contribution is 0.120. The number of nitrogens with one attached hydrogen (secondary N) is 1. The SMILES string of the molecule is OC1CCc2ccccc2C1NC1=NCCS1. The Kier molecular flexibility index (Phi) is 3.07. The Bertz CT molecular complexity index is 447. The molecule has 2 N–H and O–H groups in total. The number of aliphatic imine (C=N–C) groups is 1. The van der Waals surface area contributed by atoms with Gasteiger partial charge in [-0.3, -0.25) is 4.99 Å². The van der Waals surface area contributed by atoms with Crippen LogP contribution in [0, 0.1) is 0 Å². The Hall–Kier alpha value is -1.000. The normalized spacial score (nSPS) is 27.5. The molecule has 1 aliphatic carbocycles. The van der Waals surface area contributed by atoms with Gasteiger partial charge in [-0.2, -0.15) is 0 Å². The number of rotatable bonds is 1. The van der Waals surface area contributed by atoms with Gasteiger partial charge in [0.15, 0.2) is 5.17 Å². The Labute approximate surface area is 105 Å². The molecule has 17 heavy (non-hydrogen) atoms. The molecule has 2 unspecified atom stereocenters. The molecule has 0 saturated heterocycles. The summed E-state index contributed by atoms with van der Waals surface area (Å²) in [4.78, 5) is 4.39. The van der Waals surface area contributed by atoms with Crippen molar-refractivity contribution >= 4 is 16.9 Å². The standard InChI is InChI=1S/C13H16N2OS/c16-11-6-5-9-3-1-2-4-10(9)12(11)15-13-14-7-8-17-13/h1-4,11-12,16H,5-8H2,(H,14,15). The van der Waals surface area contributed by atoms with Crippen LogP contribution < -0.4 is 5.32 Å². The maximum absolute atomic E-state index is 10.1. The van der Waals surface area contributed by atoms with E-state index in [2.05, 4.69) is 28.5 Å². The first-order valence-electron chi connectivity index (χ1n) is 6.04. The van der Waals surface area contributed by atoms with Gasteiger partial charge in [0.1, 0.15) is 0 Å². The van der Waals surface area contributed by atoms with Crippen molar-refractivity contribution in [2.45, 2.75) is 25.0 Å². The van der Waals surface area contributed by atoms with E-state index in [4.69, 9.17) is 0 Å². The minimum Gasteiger partial charge on any atom is -0.391 e. The van der Waals surface area contributed by atoms with Crippen molar-refractivity contribution in [2.24, 2.45) is 4.99 Å². The van der Waals surface area contributed by atoms with Crippen molar-refractivity contribution in [3.05, 3.63) is 35.4 Å². The Morgan fingerprint density at radius 2 is 2.24 bits per heavy atom. The summed E-state index contributed by atoms with van der Waals surface area (Å²) in [7, 11) is 0. The fourth-order valence-corrected chi connectivity index (χ4v) is 3.24. The number of nitrogens with zero attached hydrogens (tertiary/aromatic N) is 1. The van der Waals surface area contributed by atoms with Gasteiger partial charge < -0.3 is 10.4 Å². The van der Waals surface area contributed by atoms with Crippen LogP contribution in [0.5, 0.6) is 0 Å². The predicted octanol–water partition coefficient (Wildman–Crippen LogP) is 1.73. The molecule has 2 aliphatic rings. The lowest BCUT2D eigenvalue weighted by atomic mass is 9.86. The number of fused-ring (bicyclic) bond motifs is 1. The fraction of sp³-hybridized carbons (Fsp3) is 0.462. The van der Waals surface area contributed by atoms with Gasteiger partial charge in [-0.15, -0.1) is 0 Å². The predicted molar refractivity (Wildman–Crippen MR) is 71.4 cm³/mol. The van der Waals surface area contributed by atoms with E-state index < -0.39 is 0 Å². The quantitative estimate of drug-likeness (QED) is 0.795. The van der Waals surface area contributed by atoms with Crippen LogP contribution in [0.1, 0.15) is 23.6 Å². The second-order valence-electron chi connectivity index (χ2n) is 4.46. The Balaban J connectivity index is 1.87. The molecular weight excluding hydrogens is 232 g/mol. The van der Waals surface area contributed by atoms with Gasteiger partial charge in [0.25, 0.3) is 0 Å². The summed E-state index contributed by atoms with van der Waals surface area (Å²) >= 11 is 1.74. The number of aliphatic hydroxyl groups excluding tert-OH is 1. The van der Waals surface area contributed by atoms with Crippen LogP contribution in [0.3, 0.4) is 0 Å². The first-order valence-corrected chi connectivity index (χ1v) is 7.03. The van der Waals surface area contributed by atoms with Gasteiger partial charge in [0, 0.05) is 5.75 Å². The topological polar surface area (TPSA) is 44.6 Å². The van der Waals surface area contributed by atoms with E-state index in [0.29, 0.717) is 0 Å². The molecule has 1 heterocycles. The highest BCUT2D eigenvalue weighted by molar-refractivity contribution is 8.14. The molecule has 0 fully saturated rings. The third-order valence-corrected chi connectivity index (χ3v) is 4.26. The van der Waals surface area contributed by atoms with Crippen LogP contribution in [0.4, 0.5) is 0 Å². The van der Waals surface area contributed by atoms with E-state index in [-0.39, 0.29) is 12.1 Å². The fourth-order valence-electron chi connectivity index (χ4n) is 2.47. The molecule has 0 spiro atoms. The highest BCUT2D eigenvalue weighted by Crippen LogP contribution is 2.30. The number of hydrogen-bond acceptors (Lipinski definition) is 4. The monoisotopic (exact) mass is 248 g/mol. The largest absolute Gasteiger partial charge is 0.391 e. The molecule has 0 amide bonds. The lowest BCUT2D eigenvalue weighted by Gasteiger charge is -2.31.